The fraction of sp³-hybridized carbons (Fsp3) is 0.333. The summed E-state index contributed by atoms with van der Waals surface area (Å²) in [5.74, 6) is 0.718. The van der Waals surface area contributed by atoms with Crippen molar-refractivity contribution in [3.63, 3.8) is 0 Å². The van der Waals surface area contributed by atoms with E-state index in [1.807, 2.05) is 6.92 Å². The van der Waals surface area contributed by atoms with Crippen LogP contribution in [0.25, 0.3) is 0 Å². The molecule has 6 heteroatoms. The number of nitrogens with one attached hydrogen (secondary N) is 1. The number of rotatable bonds is 6. The summed E-state index contributed by atoms with van der Waals surface area (Å²) in [5, 5.41) is 12.9. The van der Waals surface area contributed by atoms with E-state index in [9.17, 15) is 14.7 Å². The molecule has 1 aromatic carbocycles. The van der Waals surface area contributed by atoms with Gasteiger partial charge in [-0.15, -0.1) is 0 Å². The highest BCUT2D eigenvalue weighted by molar-refractivity contribution is 5.96. The molecule has 0 saturated heterocycles. The zero-order valence-electron chi connectivity index (χ0n) is 14.0. The van der Waals surface area contributed by atoms with E-state index < -0.39 is 12.1 Å². The largest absolute Gasteiger partial charge is 0.466 e. The Balaban J connectivity index is 1.87. The molecule has 0 unspecified atom stereocenters. The number of furan rings is 1. The third-order valence-corrected chi connectivity index (χ3v) is 3.71. The Bertz CT molecular complexity index is 718. The molecule has 0 spiro atoms. The minimum Gasteiger partial charge on any atom is -0.466 e. The van der Waals surface area contributed by atoms with Crippen LogP contribution >= 0.6 is 0 Å². The van der Waals surface area contributed by atoms with Crippen molar-refractivity contribution >= 4 is 11.9 Å². The molecule has 0 radical (unpaired) electrons. The minimum atomic E-state index is -0.690. The highest BCUT2D eigenvalue weighted by Gasteiger charge is 2.15. The lowest BCUT2D eigenvalue weighted by molar-refractivity contribution is 0.0600. The smallest absolute Gasteiger partial charge is 0.337 e. The number of aliphatic hydroxyl groups is 1. The van der Waals surface area contributed by atoms with Crippen molar-refractivity contribution < 1.29 is 23.8 Å². The topological polar surface area (TPSA) is 88.8 Å². The first-order valence-corrected chi connectivity index (χ1v) is 7.64. The summed E-state index contributed by atoms with van der Waals surface area (Å²) in [7, 11) is 1.30. The van der Waals surface area contributed by atoms with Crippen LogP contribution in [0.1, 0.15) is 50.3 Å². The van der Waals surface area contributed by atoms with E-state index in [-0.39, 0.29) is 5.91 Å². The van der Waals surface area contributed by atoms with Crippen molar-refractivity contribution in [2.75, 3.05) is 13.7 Å². The Morgan fingerprint density at radius 2 is 1.83 bits per heavy atom. The lowest BCUT2D eigenvalue weighted by atomic mass is 10.1. The first-order chi connectivity index (χ1) is 11.4. The molecule has 0 saturated carbocycles. The van der Waals surface area contributed by atoms with Gasteiger partial charge in [-0.1, -0.05) is 0 Å². The molecule has 0 bridgehead atoms. The number of hydrogen-bond donors (Lipinski definition) is 2. The molecule has 0 aliphatic heterocycles. The van der Waals surface area contributed by atoms with Gasteiger partial charge in [-0.3, -0.25) is 4.79 Å². The van der Waals surface area contributed by atoms with E-state index in [1.54, 1.807) is 25.1 Å². The molecule has 1 aromatic heterocycles. The van der Waals surface area contributed by atoms with E-state index in [4.69, 9.17) is 4.42 Å². The van der Waals surface area contributed by atoms with Gasteiger partial charge in [-0.05, 0) is 50.6 Å². The van der Waals surface area contributed by atoms with Crippen molar-refractivity contribution in [1.82, 2.24) is 5.32 Å². The molecule has 2 rings (SSSR count). The van der Waals surface area contributed by atoms with Gasteiger partial charge in [0.05, 0.1) is 18.8 Å². The van der Waals surface area contributed by atoms with Gasteiger partial charge < -0.3 is 19.6 Å². The normalized spacial score (nSPS) is 11.8. The molecule has 1 amide bonds. The number of esters is 1. The second-order valence-electron chi connectivity index (χ2n) is 5.50. The van der Waals surface area contributed by atoms with Crippen molar-refractivity contribution in [2.24, 2.45) is 0 Å². The fourth-order valence-corrected chi connectivity index (χ4v) is 2.44. The Morgan fingerprint density at radius 3 is 2.38 bits per heavy atom. The van der Waals surface area contributed by atoms with E-state index in [1.165, 1.54) is 19.2 Å². The van der Waals surface area contributed by atoms with Gasteiger partial charge in [0.2, 0.25) is 0 Å². The highest BCUT2D eigenvalue weighted by Crippen LogP contribution is 2.23. The zero-order valence-corrected chi connectivity index (χ0v) is 14.0. The molecule has 2 aromatic rings. The predicted molar refractivity (Wildman–Crippen MR) is 87.9 cm³/mol. The number of methoxy groups -OCH3 is 1. The van der Waals surface area contributed by atoms with E-state index >= 15 is 0 Å². The maximum Gasteiger partial charge on any atom is 0.337 e. The summed E-state index contributed by atoms with van der Waals surface area (Å²) >= 11 is 0. The molecule has 1 atom stereocenters. The number of aryl methyl sites for hydroxylation is 2. The summed E-state index contributed by atoms with van der Waals surface area (Å²) in [5.41, 5.74) is 1.56. The zero-order chi connectivity index (χ0) is 17.7. The SMILES string of the molecule is COC(=O)c1ccc(C(=O)NCC[C@H](O)c2cc(C)oc2C)cc1. The third-order valence-electron chi connectivity index (χ3n) is 3.71. The van der Waals surface area contributed by atoms with Crippen LogP contribution in [0.2, 0.25) is 0 Å². The minimum absolute atomic E-state index is 0.265. The van der Waals surface area contributed by atoms with E-state index in [0.29, 0.717) is 29.9 Å². The van der Waals surface area contributed by atoms with Crippen molar-refractivity contribution in [3.8, 4) is 0 Å². The molecular formula is C18H21NO5. The first kappa shape index (κ1) is 17.7. The Hall–Kier alpha value is -2.60. The maximum absolute atomic E-state index is 12.1. The van der Waals surface area contributed by atoms with Crippen LogP contribution in [0.3, 0.4) is 0 Å². The first-order valence-electron chi connectivity index (χ1n) is 7.64. The summed E-state index contributed by atoms with van der Waals surface area (Å²) < 4.78 is 9.99. The van der Waals surface area contributed by atoms with Crippen molar-refractivity contribution in [2.45, 2.75) is 26.4 Å². The van der Waals surface area contributed by atoms with E-state index in [2.05, 4.69) is 10.1 Å². The number of aliphatic hydroxyl groups excluding tert-OH is 1. The Kier molecular flexibility index (Phi) is 5.76. The summed E-state index contributed by atoms with van der Waals surface area (Å²) in [4.78, 5) is 23.4. The molecule has 0 fully saturated rings. The quantitative estimate of drug-likeness (QED) is 0.794. The van der Waals surface area contributed by atoms with Gasteiger partial charge in [-0.2, -0.15) is 0 Å². The molecule has 1 heterocycles. The highest BCUT2D eigenvalue weighted by atomic mass is 16.5. The molecule has 2 N–H and O–H groups in total. The van der Waals surface area contributed by atoms with Crippen LogP contribution in [-0.2, 0) is 4.74 Å². The average Bonchev–Trinajstić information content (AvgIpc) is 2.92. The number of ether oxygens (including phenoxy) is 1. The van der Waals surface area contributed by atoms with Gasteiger partial charge in [0, 0.05) is 17.7 Å². The lowest BCUT2D eigenvalue weighted by Gasteiger charge is -2.11. The van der Waals surface area contributed by atoms with Gasteiger partial charge in [-0.25, -0.2) is 4.79 Å². The summed E-state index contributed by atoms with van der Waals surface area (Å²) in [6, 6.07) is 7.98. The third kappa shape index (κ3) is 4.23. The number of amides is 1. The van der Waals surface area contributed by atoms with Crippen LogP contribution in [0.15, 0.2) is 34.7 Å². The van der Waals surface area contributed by atoms with Crippen LogP contribution in [0.4, 0.5) is 0 Å². The molecule has 24 heavy (non-hydrogen) atoms. The number of carbonyl (C=O) groups excluding carboxylic acids is 2. The molecule has 128 valence electrons. The van der Waals surface area contributed by atoms with Crippen molar-refractivity contribution in [3.05, 3.63) is 58.5 Å². The second-order valence-corrected chi connectivity index (χ2v) is 5.50. The van der Waals surface area contributed by atoms with Gasteiger partial charge in [0.15, 0.2) is 0 Å². The van der Waals surface area contributed by atoms with Crippen LogP contribution in [-0.4, -0.2) is 30.6 Å². The van der Waals surface area contributed by atoms with Gasteiger partial charge >= 0.3 is 5.97 Å². The van der Waals surface area contributed by atoms with E-state index in [0.717, 1.165) is 11.3 Å². The number of hydrogen-bond acceptors (Lipinski definition) is 5. The van der Waals surface area contributed by atoms with Crippen LogP contribution in [0, 0.1) is 13.8 Å². The molecule has 0 aliphatic carbocycles. The van der Waals surface area contributed by atoms with Gasteiger partial charge in [0.25, 0.3) is 5.91 Å². The summed E-state index contributed by atoms with van der Waals surface area (Å²) in [6.45, 7) is 3.94. The molecular weight excluding hydrogens is 310 g/mol. The predicted octanol–water partition coefficient (Wildman–Crippen LogP) is 2.54. The molecule has 6 nitrogen and oxygen atoms in total. The monoisotopic (exact) mass is 331 g/mol. The van der Waals surface area contributed by atoms with Gasteiger partial charge in [0.1, 0.15) is 11.5 Å². The van der Waals surface area contributed by atoms with Crippen LogP contribution in [0.5, 0.6) is 0 Å². The lowest BCUT2D eigenvalue weighted by Crippen LogP contribution is -2.25. The van der Waals surface area contributed by atoms with Crippen LogP contribution < -0.4 is 5.32 Å². The standard InChI is InChI=1S/C18H21NO5/c1-11-10-15(12(2)24-11)16(20)8-9-19-17(21)13-4-6-14(7-5-13)18(22)23-3/h4-7,10,16,20H,8-9H2,1-3H3,(H,19,21)/t16-/m0/s1. The fourth-order valence-electron chi connectivity index (χ4n) is 2.44. The Labute approximate surface area is 140 Å². The molecule has 0 aliphatic rings. The second kappa shape index (κ2) is 7.79. The summed E-state index contributed by atoms with van der Waals surface area (Å²) in [6.07, 6.45) is -0.310. The van der Waals surface area contributed by atoms with Crippen molar-refractivity contribution in [1.29, 1.82) is 0 Å². The number of benzene rings is 1. The average molecular weight is 331 g/mol. The number of carbonyl (C=O) groups is 2. The maximum atomic E-state index is 12.1. The Morgan fingerprint density at radius 1 is 1.21 bits per heavy atom.